The first-order valence-corrected chi connectivity index (χ1v) is 5.68. The molecule has 94 valence electrons. The monoisotopic (exact) mass is 246 g/mol. The van der Waals surface area contributed by atoms with Crippen molar-refractivity contribution in [3.05, 3.63) is 39.8 Å². The molecule has 0 aliphatic carbocycles. The van der Waals surface area contributed by atoms with E-state index >= 15 is 0 Å². The minimum Gasteiger partial charge on any atom is -0.465 e. The minimum atomic E-state index is -0.465. The van der Waals surface area contributed by atoms with Crippen LogP contribution < -0.4 is 5.56 Å². The molecule has 0 aliphatic heterocycles. The van der Waals surface area contributed by atoms with Crippen LogP contribution in [0.4, 0.5) is 0 Å². The van der Waals surface area contributed by atoms with Gasteiger partial charge in [0.2, 0.25) is 0 Å². The summed E-state index contributed by atoms with van der Waals surface area (Å²) in [6, 6.07) is 5.14. The third kappa shape index (κ3) is 1.77. The van der Waals surface area contributed by atoms with Crippen LogP contribution in [0, 0.1) is 6.92 Å². The van der Waals surface area contributed by atoms with Crippen LogP contribution in [0.1, 0.15) is 23.0 Å². The topological polar surface area (TPSA) is 61.2 Å². The zero-order chi connectivity index (χ0) is 13.3. The number of hydrogen-bond donors (Lipinski definition) is 0. The number of esters is 1. The van der Waals surface area contributed by atoms with Crippen molar-refractivity contribution in [2.45, 2.75) is 20.4 Å². The summed E-state index contributed by atoms with van der Waals surface area (Å²) in [7, 11) is 1.32. The molecule has 2 rings (SSSR count). The first kappa shape index (κ1) is 12.3. The van der Waals surface area contributed by atoms with Crippen molar-refractivity contribution >= 4 is 17.0 Å². The predicted octanol–water partition coefficient (Wildman–Crippen LogP) is 1.51. The van der Waals surface area contributed by atoms with Gasteiger partial charge < -0.3 is 9.30 Å². The van der Waals surface area contributed by atoms with Gasteiger partial charge in [-0.3, -0.25) is 4.79 Å². The molecule has 5 heteroatoms. The lowest BCUT2D eigenvalue weighted by Crippen LogP contribution is -2.24. The number of carbonyl (C=O) groups excluding carboxylic acids is 1. The van der Waals surface area contributed by atoms with Gasteiger partial charge in [-0.25, -0.2) is 9.78 Å². The number of hydrogen-bond acceptors (Lipinski definition) is 4. The molecule has 2 aromatic rings. The van der Waals surface area contributed by atoms with Gasteiger partial charge in [0.05, 0.1) is 23.7 Å². The van der Waals surface area contributed by atoms with Gasteiger partial charge in [-0.2, -0.15) is 0 Å². The molecule has 1 heterocycles. The fourth-order valence-electron chi connectivity index (χ4n) is 2.01. The molecule has 0 aliphatic rings. The second kappa shape index (κ2) is 4.60. The molecular formula is C13H14N2O3. The average Bonchev–Trinajstić information content (AvgIpc) is 2.39. The largest absolute Gasteiger partial charge is 0.465 e. The first-order chi connectivity index (χ1) is 8.60. The van der Waals surface area contributed by atoms with Crippen LogP contribution in [0.15, 0.2) is 23.0 Å². The zero-order valence-corrected chi connectivity index (χ0v) is 10.6. The molecule has 0 N–H and O–H groups in total. The van der Waals surface area contributed by atoms with E-state index in [1.54, 1.807) is 29.7 Å². The van der Waals surface area contributed by atoms with Crippen molar-refractivity contribution in [1.29, 1.82) is 0 Å². The van der Waals surface area contributed by atoms with E-state index in [4.69, 9.17) is 4.74 Å². The Morgan fingerprint density at radius 3 is 2.78 bits per heavy atom. The number of nitrogens with zero attached hydrogens (tertiary/aromatic N) is 2. The van der Waals surface area contributed by atoms with Crippen LogP contribution in [0.25, 0.3) is 11.0 Å². The second-order valence-electron chi connectivity index (χ2n) is 3.91. The standard InChI is InChI=1S/C13H14N2O3/c1-4-15-11-9(13(17)18-3)6-5-7-10(11)14-8(2)12(15)16/h5-7H,4H2,1-3H3. The van der Waals surface area contributed by atoms with Crippen molar-refractivity contribution in [2.24, 2.45) is 0 Å². The van der Waals surface area contributed by atoms with Gasteiger partial charge in [-0.05, 0) is 26.0 Å². The Kier molecular flexibility index (Phi) is 3.14. The molecule has 0 saturated carbocycles. The highest BCUT2D eigenvalue weighted by molar-refractivity contribution is 6.01. The number of methoxy groups -OCH3 is 1. The quantitative estimate of drug-likeness (QED) is 0.753. The summed E-state index contributed by atoms with van der Waals surface area (Å²) in [6.45, 7) is 4.00. The molecule has 0 amide bonds. The van der Waals surface area contributed by atoms with Crippen LogP contribution >= 0.6 is 0 Å². The summed E-state index contributed by atoms with van der Waals surface area (Å²) in [5.41, 5.74) is 1.76. The van der Waals surface area contributed by atoms with Crippen molar-refractivity contribution in [3.63, 3.8) is 0 Å². The summed E-state index contributed by atoms with van der Waals surface area (Å²) in [5.74, 6) is -0.465. The molecule has 0 bridgehead atoms. The van der Waals surface area contributed by atoms with Crippen molar-refractivity contribution < 1.29 is 9.53 Å². The Bertz CT molecular complexity index is 674. The minimum absolute atomic E-state index is 0.179. The third-order valence-corrected chi connectivity index (χ3v) is 2.85. The van der Waals surface area contributed by atoms with Crippen molar-refractivity contribution in [3.8, 4) is 0 Å². The van der Waals surface area contributed by atoms with E-state index in [2.05, 4.69) is 4.98 Å². The number of carbonyl (C=O) groups is 1. The maximum absolute atomic E-state index is 12.0. The SMILES string of the molecule is CCn1c(=O)c(C)nc2cccc(C(=O)OC)c21. The maximum Gasteiger partial charge on any atom is 0.340 e. The fourth-order valence-corrected chi connectivity index (χ4v) is 2.01. The highest BCUT2D eigenvalue weighted by atomic mass is 16.5. The third-order valence-electron chi connectivity index (χ3n) is 2.85. The zero-order valence-electron chi connectivity index (χ0n) is 10.6. The van der Waals surface area contributed by atoms with Crippen LogP contribution in [0.3, 0.4) is 0 Å². The second-order valence-corrected chi connectivity index (χ2v) is 3.91. The van der Waals surface area contributed by atoms with Crippen molar-refractivity contribution in [2.75, 3.05) is 7.11 Å². The number of para-hydroxylation sites is 1. The molecule has 0 unspecified atom stereocenters. The summed E-state index contributed by atoms with van der Waals surface area (Å²) in [4.78, 5) is 28.0. The van der Waals surface area contributed by atoms with Crippen LogP contribution in [-0.2, 0) is 11.3 Å². The fraction of sp³-hybridized carbons (Fsp3) is 0.308. The summed E-state index contributed by atoms with van der Waals surface area (Å²) in [5, 5.41) is 0. The van der Waals surface area contributed by atoms with E-state index in [9.17, 15) is 9.59 Å². The first-order valence-electron chi connectivity index (χ1n) is 5.68. The van der Waals surface area contributed by atoms with E-state index < -0.39 is 5.97 Å². The number of rotatable bonds is 2. The lowest BCUT2D eigenvalue weighted by molar-refractivity contribution is 0.0602. The van der Waals surface area contributed by atoms with E-state index in [1.165, 1.54) is 7.11 Å². The van der Waals surface area contributed by atoms with Crippen LogP contribution in [0.2, 0.25) is 0 Å². The van der Waals surface area contributed by atoms with E-state index in [1.807, 2.05) is 6.92 Å². The Morgan fingerprint density at radius 2 is 2.17 bits per heavy atom. The Balaban J connectivity index is 2.95. The van der Waals surface area contributed by atoms with Gasteiger partial charge in [0.25, 0.3) is 5.56 Å². The van der Waals surface area contributed by atoms with E-state index in [-0.39, 0.29) is 5.56 Å². The summed E-state index contributed by atoms with van der Waals surface area (Å²) >= 11 is 0. The van der Waals surface area contributed by atoms with Gasteiger partial charge >= 0.3 is 5.97 Å². The predicted molar refractivity (Wildman–Crippen MR) is 67.8 cm³/mol. The number of fused-ring (bicyclic) bond motifs is 1. The van der Waals surface area contributed by atoms with E-state index in [0.717, 1.165) is 0 Å². The smallest absolute Gasteiger partial charge is 0.340 e. The number of aryl methyl sites for hydroxylation is 2. The Hall–Kier alpha value is -2.17. The average molecular weight is 246 g/mol. The summed E-state index contributed by atoms with van der Waals surface area (Å²) < 4.78 is 6.28. The van der Waals surface area contributed by atoms with Gasteiger partial charge in [0.15, 0.2) is 0 Å². The summed E-state index contributed by atoms with van der Waals surface area (Å²) in [6.07, 6.45) is 0. The van der Waals surface area contributed by atoms with Crippen LogP contribution in [-0.4, -0.2) is 22.6 Å². The highest BCUT2D eigenvalue weighted by Crippen LogP contribution is 2.17. The molecular weight excluding hydrogens is 232 g/mol. The molecule has 18 heavy (non-hydrogen) atoms. The molecule has 0 atom stereocenters. The van der Waals surface area contributed by atoms with Crippen LogP contribution in [0.5, 0.6) is 0 Å². The molecule has 0 radical (unpaired) electrons. The maximum atomic E-state index is 12.0. The molecule has 0 saturated heterocycles. The van der Waals surface area contributed by atoms with E-state index in [0.29, 0.717) is 28.8 Å². The molecule has 0 fully saturated rings. The molecule has 1 aromatic heterocycles. The number of aromatic nitrogens is 2. The Morgan fingerprint density at radius 1 is 1.44 bits per heavy atom. The van der Waals surface area contributed by atoms with Gasteiger partial charge in [0.1, 0.15) is 5.69 Å². The lowest BCUT2D eigenvalue weighted by atomic mass is 10.1. The van der Waals surface area contributed by atoms with Gasteiger partial charge in [-0.15, -0.1) is 0 Å². The Labute approximate surface area is 104 Å². The lowest BCUT2D eigenvalue weighted by Gasteiger charge is -2.11. The highest BCUT2D eigenvalue weighted by Gasteiger charge is 2.15. The molecule has 1 aromatic carbocycles. The van der Waals surface area contributed by atoms with Gasteiger partial charge in [-0.1, -0.05) is 6.07 Å². The van der Waals surface area contributed by atoms with Crippen molar-refractivity contribution in [1.82, 2.24) is 9.55 Å². The molecule has 0 spiro atoms. The number of ether oxygens (including phenoxy) is 1. The number of benzene rings is 1. The molecule has 5 nitrogen and oxygen atoms in total. The normalized spacial score (nSPS) is 10.6. The van der Waals surface area contributed by atoms with Gasteiger partial charge in [0, 0.05) is 6.54 Å².